The fourth-order valence-electron chi connectivity index (χ4n) is 2.62. The molecule has 1 aliphatic carbocycles. The highest BCUT2D eigenvalue weighted by Crippen LogP contribution is 2.23. The van der Waals surface area contributed by atoms with Gasteiger partial charge >= 0.3 is 0 Å². The molecular weight excluding hydrogens is 332 g/mol. The Labute approximate surface area is 133 Å². The Hall–Kier alpha value is -0.800. The lowest BCUT2D eigenvalue weighted by molar-refractivity contribution is 0.371. The summed E-state index contributed by atoms with van der Waals surface area (Å²) in [6.07, 6.45) is 3.43. The van der Waals surface area contributed by atoms with Crippen molar-refractivity contribution in [3.8, 4) is 0 Å². The van der Waals surface area contributed by atoms with Gasteiger partial charge in [-0.2, -0.15) is 8.75 Å². The fraction of sp³-hybridized carbons (Fsp3) is 0.500. The number of nitrogens with one attached hydrogen (secondary N) is 1. The lowest BCUT2D eigenvalue weighted by Crippen LogP contribution is -2.42. The molecule has 2 atom stereocenters. The average molecular weight is 349 g/mol. The molecule has 0 amide bonds. The molecule has 9 heteroatoms. The molecule has 3 N–H and O–H groups in total. The molecule has 2 aromatic rings. The van der Waals surface area contributed by atoms with E-state index in [0.717, 1.165) is 31.0 Å². The van der Waals surface area contributed by atoms with Crippen LogP contribution in [-0.2, 0) is 10.0 Å². The van der Waals surface area contributed by atoms with Crippen molar-refractivity contribution in [1.82, 2.24) is 13.5 Å². The molecule has 116 valence electrons. The minimum Gasteiger partial charge on any atom is -0.328 e. The van der Waals surface area contributed by atoms with Gasteiger partial charge in [-0.1, -0.05) is 12.5 Å². The van der Waals surface area contributed by atoms with Crippen molar-refractivity contribution in [3.05, 3.63) is 18.2 Å². The number of hydrogen-bond acceptors (Lipinski definition) is 6. The van der Waals surface area contributed by atoms with E-state index in [2.05, 4.69) is 13.5 Å². The van der Waals surface area contributed by atoms with Crippen LogP contribution in [0.1, 0.15) is 25.7 Å². The van der Waals surface area contributed by atoms with Crippen LogP contribution in [0.5, 0.6) is 0 Å². The van der Waals surface area contributed by atoms with E-state index in [0.29, 0.717) is 17.5 Å². The van der Waals surface area contributed by atoms with Crippen molar-refractivity contribution < 1.29 is 8.42 Å². The molecule has 1 heterocycles. The van der Waals surface area contributed by atoms with Gasteiger partial charge in [0.25, 0.3) is 0 Å². The third kappa shape index (κ3) is 3.51. The van der Waals surface area contributed by atoms with Crippen LogP contribution in [0.2, 0.25) is 0 Å². The first kappa shape index (κ1) is 16.6. The summed E-state index contributed by atoms with van der Waals surface area (Å²) in [7, 11) is -3.58. The van der Waals surface area contributed by atoms with Crippen molar-refractivity contribution in [3.63, 3.8) is 0 Å². The lowest BCUT2D eigenvalue weighted by atomic mass is 9.92. The fourth-order valence-corrected chi connectivity index (χ4v) is 4.67. The third-order valence-electron chi connectivity index (χ3n) is 3.58. The maximum Gasteiger partial charge on any atom is 0.243 e. The number of fused-ring (bicyclic) bond motifs is 1. The molecule has 21 heavy (non-hydrogen) atoms. The van der Waals surface area contributed by atoms with Crippen molar-refractivity contribution in [2.24, 2.45) is 5.73 Å². The summed E-state index contributed by atoms with van der Waals surface area (Å²) < 4.78 is 35.9. The molecule has 0 radical (unpaired) electrons. The maximum atomic E-state index is 12.5. The lowest BCUT2D eigenvalue weighted by Gasteiger charge is -2.27. The summed E-state index contributed by atoms with van der Waals surface area (Å²) >= 11 is 1.02. The van der Waals surface area contributed by atoms with Crippen LogP contribution in [0.3, 0.4) is 0 Å². The second-order valence-corrected chi connectivity index (χ2v) is 7.34. The van der Waals surface area contributed by atoms with Gasteiger partial charge in [0, 0.05) is 12.1 Å². The van der Waals surface area contributed by atoms with Crippen molar-refractivity contribution in [2.75, 3.05) is 0 Å². The summed E-state index contributed by atoms with van der Waals surface area (Å²) in [5.41, 5.74) is 6.95. The summed E-state index contributed by atoms with van der Waals surface area (Å²) in [5, 5.41) is 0. The summed E-state index contributed by atoms with van der Waals surface area (Å²) in [6.45, 7) is 0. The zero-order valence-electron chi connectivity index (χ0n) is 11.2. The third-order valence-corrected chi connectivity index (χ3v) is 5.67. The molecule has 0 bridgehead atoms. The quantitative estimate of drug-likeness (QED) is 0.879. The van der Waals surface area contributed by atoms with Crippen LogP contribution in [0.4, 0.5) is 0 Å². The molecule has 0 saturated heterocycles. The van der Waals surface area contributed by atoms with Crippen LogP contribution in [0.15, 0.2) is 23.1 Å². The first-order chi connectivity index (χ1) is 9.56. The van der Waals surface area contributed by atoms with Crippen molar-refractivity contribution in [1.29, 1.82) is 0 Å². The number of sulfonamides is 1. The van der Waals surface area contributed by atoms with E-state index < -0.39 is 10.0 Å². The van der Waals surface area contributed by atoms with Gasteiger partial charge in [-0.15, -0.1) is 12.4 Å². The monoisotopic (exact) mass is 348 g/mol. The number of nitrogens with zero attached hydrogens (tertiary/aromatic N) is 2. The highest BCUT2D eigenvalue weighted by atomic mass is 35.5. The van der Waals surface area contributed by atoms with E-state index in [4.69, 9.17) is 5.73 Å². The molecule has 1 aliphatic rings. The molecule has 1 aromatic carbocycles. The first-order valence-electron chi connectivity index (χ1n) is 6.55. The Morgan fingerprint density at radius 1 is 1.29 bits per heavy atom. The summed E-state index contributed by atoms with van der Waals surface area (Å²) in [6, 6.07) is 4.99. The molecule has 3 rings (SSSR count). The number of benzene rings is 1. The number of aromatic nitrogens is 2. The van der Waals surface area contributed by atoms with Crippen LogP contribution in [0, 0.1) is 0 Å². The van der Waals surface area contributed by atoms with Crippen LogP contribution < -0.4 is 10.5 Å². The number of halogens is 1. The molecule has 0 aliphatic heterocycles. The Morgan fingerprint density at radius 2 is 2.10 bits per heavy atom. The summed E-state index contributed by atoms with van der Waals surface area (Å²) in [5.74, 6) is 0. The predicted octanol–water partition coefficient (Wildman–Crippen LogP) is 1.66. The van der Waals surface area contributed by atoms with E-state index in [1.54, 1.807) is 18.2 Å². The first-order valence-corrected chi connectivity index (χ1v) is 8.77. The Bertz CT molecular complexity index is 719. The van der Waals surface area contributed by atoms with Gasteiger partial charge in [-0.25, -0.2) is 13.1 Å². The Morgan fingerprint density at radius 3 is 2.86 bits per heavy atom. The average Bonchev–Trinajstić information content (AvgIpc) is 2.85. The van der Waals surface area contributed by atoms with Gasteiger partial charge in [-0.05, 0) is 31.4 Å². The van der Waals surface area contributed by atoms with Crippen molar-refractivity contribution >= 4 is 45.2 Å². The SMILES string of the molecule is Cl.NC1CCCC(NS(=O)(=O)c2cccc3nsnc23)C1. The zero-order valence-corrected chi connectivity index (χ0v) is 13.7. The van der Waals surface area contributed by atoms with E-state index in [1.165, 1.54) is 0 Å². The topological polar surface area (TPSA) is 98.0 Å². The van der Waals surface area contributed by atoms with Crippen LogP contribution in [0.25, 0.3) is 11.0 Å². The van der Waals surface area contributed by atoms with Gasteiger partial charge in [0.15, 0.2) is 0 Å². The number of hydrogen-bond donors (Lipinski definition) is 2. The Kier molecular flexibility index (Phi) is 5.15. The zero-order chi connectivity index (χ0) is 14.2. The van der Waals surface area contributed by atoms with Gasteiger partial charge in [0.1, 0.15) is 15.9 Å². The molecule has 1 aromatic heterocycles. The highest BCUT2D eigenvalue weighted by Gasteiger charge is 2.26. The van der Waals surface area contributed by atoms with E-state index in [1.807, 2.05) is 0 Å². The normalized spacial score (nSPS) is 22.9. The predicted molar refractivity (Wildman–Crippen MR) is 85.2 cm³/mol. The number of rotatable bonds is 3. The molecule has 1 fully saturated rings. The van der Waals surface area contributed by atoms with Gasteiger partial charge in [0.2, 0.25) is 10.0 Å². The van der Waals surface area contributed by atoms with Crippen molar-refractivity contribution in [2.45, 2.75) is 42.7 Å². The number of nitrogens with two attached hydrogens (primary N) is 1. The molecule has 1 saturated carbocycles. The minimum atomic E-state index is -3.58. The van der Waals surface area contributed by atoms with E-state index >= 15 is 0 Å². The van der Waals surface area contributed by atoms with E-state index in [9.17, 15) is 8.42 Å². The Balaban J connectivity index is 0.00000161. The standard InChI is InChI=1S/C12H16N4O2S2.ClH/c13-8-3-1-4-9(7-8)16-20(17,18)11-6-2-5-10-12(11)15-19-14-10;/h2,5-6,8-9,16H,1,3-4,7,13H2;1H. The molecule has 0 spiro atoms. The largest absolute Gasteiger partial charge is 0.328 e. The van der Waals surface area contributed by atoms with Crippen LogP contribution in [-0.4, -0.2) is 29.2 Å². The van der Waals surface area contributed by atoms with Gasteiger partial charge in [0.05, 0.1) is 11.7 Å². The molecular formula is C12H17ClN4O2S2. The maximum absolute atomic E-state index is 12.5. The minimum absolute atomic E-state index is 0. The second-order valence-electron chi connectivity index (χ2n) is 5.13. The van der Waals surface area contributed by atoms with E-state index in [-0.39, 0.29) is 29.4 Å². The van der Waals surface area contributed by atoms with Gasteiger partial charge in [-0.3, -0.25) is 0 Å². The van der Waals surface area contributed by atoms with Crippen LogP contribution >= 0.6 is 24.1 Å². The second kappa shape index (κ2) is 6.53. The molecule has 2 unspecified atom stereocenters. The highest BCUT2D eigenvalue weighted by molar-refractivity contribution is 7.89. The smallest absolute Gasteiger partial charge is 0.243 e. The van der Waals surface area contributed by atoms with Gasteiger partial charge < -0.3 is 5.73 Å². The molecule has 6 nitrogen and oxygen atoms in total. The summed E-state index contributed by atoms with van der Waals surface area (Å²) in [4.78, 5) is 0.197.